The average Bonchev–Trinajstić information content (AvgIpc) is 3.11. The van der Waals surface area contributed by atoms with Gasteiger partial charge >= 0.3 is 0 Å². The lowest BCUT2D eigenvalue weighted by Gasteiger charge is -2.18. The van der Waals surface area contributed by atoms with Gasteiger partial charge < -0.3 is 14.9 Å². The molecule has 3 rings (SSSR count). The summed E-state index contributed by atoms with van der Waals surface area (Å²) >= 11 is 6.42. The molecular formula is C19H23ClN2O2. The zero-order valence-electron chi connectivity index (χ0n) is 13.8. The number of hydrogen-bond acceptors (Lipinski definition) is 4. The van der Waals surface area contributed by atoms with Crippen LogP contribution in [0.3, 0.4) is 0 Å². The van der Waals surface area contributed by atoms with E-state index in [4.69, 9.17) is 21.1 Å². The predicted octanol–water partition coefficient (Wildman–Crippen LogP) is 4.79. The van der Waals surface area contributed by atoms with Crippen molar-refractivity contribution in [2.24, 2.45) is 0 Å². The summed E-state index contributed by atoms with van der Waals surface area (Å²) in [5.41, 5.74) is 8.28. The van der Waals surface area contributed by atoms with Gasteiger partial charge in [-0.15, -0.1) is 0 Å². The smallest absolute Gasteiger partial charge is 0.163 e. The lowest BCUT2D eigenvalue weighted by Crippen LogP contribution is -2.21. The molecule has 2 N–H and O–H groups in total. The molecule has 1 aliphatic rings. The molecule has 0 aromatic heterocycles. The van der Waals surface area contributed by atoms with E-state index in [2.05, 4.69) is 10.9 Å². The molecule has 128 valence electrons. The van der Waals surface area contributed by atoms with Gasteiger partial charge in [-0.1, -0.05) is 29.8 Å². The van der Waals surface area contributed by atoms with E-state index in [0.29, 0.717) is 11.6 Å². The molecule has 2 aromatic rings. The third-order valence-corrected chi connectivity index (χ3v) is 4.57. The minimum Gasteiger partial charge on any atom is -0.493 e. The van der Waals surface area contributed by atoms with Gasteiger partial charge in [-0.3, -0.25) is 0 Å². The van der Waals surface area contributed by atoms with Crippen molar-refractivity contribution >= 4 is 17.3 Å². The van der Waals surface area contributed by atoms with E-state index < -0.39 is 0 Å². The zero-order valence-corrected chi connectivity index (χ0v) is 14.6. The molecule has 4 nitrogen and oxygen atoms in total. The first-order valence-electron chi connectivity index (χ1n) is 8.33. The number of benzene rings is 2. The summed E-state index contributed by atoms with van der Waals surface area (Å²) in [5, 5.41) is 0.672. The summed E-state index contributed by atoms with van der Waals surface area (Å²) in [6.45, 7) is 0.577. The average molecular weight is 347 g/mol. The zero-order chi connectivity index (χ0) is 16.8. The van der Waals surface area contributed by atoms with E-state index in [-0.39, 0.29) is 6.10 Å². The minimum absolute atomic E-state index is 0.277. The van der Waals surface area contributed by atoms with Crippen LogP contribution < -0.4 is 20.3 Å². The highest BCUT2D eigenvalue weighted by Gasteiger charge is 2.19. The maximum Gasteiger partial charge on any atom is 0.163 e. The third kappa shape index (κ3) is 4.34. The molecule has 1 saturated carbocycles. The van der Waals surface area contributed by atoms with Crippen molar-refractivity contribution in [2.75, 3.05) is 12.5 Å². The number of halogens is 1. The highest BCUT2D eigenvalue weighted by atomic mass is 35.5. The molecule has 0 atom stereocenters. The van der Waals surface area contributed by atoms with Crippen LogP contribution in [0.4, 0.5) is 5.69 Å². The van der Waals surface area contributed by atoms with Crippen molar-refractivity contribution in [1.82, 2.24) is 5.43 Å². The Bertz CT molecular complexity index is 658. The standard InChI is InChI=1S/C19H23ClN2O2/c1-23-18-11-14(13-21-22-15-7-3-2-4-8-15)17(20)12-19(18)24-16-9-5-6-10-16/h2-4,7-8,11-12,16,21-22H,5-6,9-10,13H2,1H3. The summed E-state index contributed by atoms with van der Waals surface area (Å²) in [5.74, 6) is 1.46. The number of rotatable bonds is 7. The molecule has 1 aliphatic carbocycles. The Morgan fingerprint density at radius 3 is 2.54 bits per heavy atom. The second-order valence-electron chi connectivity index (χ2n) is 5.96. The first-order chi connectivity index (χ1) is 11.8. The van der Waals surface area contributed by atoms with Crippen LogP contribution in [0.5, 0.6) is 11.5 Å². The lowest BCUT2D eigenvalue weighted by molar-refractivity contribution is 0.200. The van der Waals surface area contributed by atoms with Crippen LogP contribution in [0.15, 0.2) is 42.5 Å². The molecular weight excluding hydrogens is 324 g/mol. The van der Waals surface area contributed by atoms with Crippen LogP contribution in [-0.4, -0.2) is 13.2 Å². The first kappa shape index (κ1) is 16.9. The molecule has 0 amide bonds. The quantitative estimate of drug-likeness (QED) is 0.707. The third-order valence-electron chi connectivity index (χ3n) is 4.21. The molecule has 0 spiro atoms. The number of nitrogens with one attached hydrogen (secondary N) is 2. The van der Waals surface area contributed by atoms with Crippen LogP contribution in [-0.2, 0) is 6.54 Å². The summed E-state index contributed by atoms with van der Waals surface area (Å²) in [6, 6.07) is 13.7. The fraction of sp³-hybridized carbons (Fsp3) is 0.368. The van der Waals surface area contributed by atoms with Gasteiger partial charge in [0.2, 0.25) is 0 Å². The van der Waals surface area contributed by atoms with E-state index >= 15 is 0 Å². The van der Waals surface area contributed by atoms with Crippen molar-refractivity contribution in [1.29, 1.82) is 0 Å². The molecule has 0 bridgehead atoms. The maximum atomic E-state index is 6.42. The van der Waals surface area contributed by atoms with Gasteiger partial charge in [-0.2, -0.15) is 0 Å². The molecule has 2 aromatic carbocycles. The van der Waals surface area contributed by atoms with Gasteiger partial charge in [0.15, 0.2) is 11.5 Å². The Morgan fingerprint density at radius 2 is 1.83 bits per heavy atom. The molecule has 1 fully saturated rings. The second kappa shape index (κ2) is 8.27. The normalized spacial score (nSPS) is 14.6. The van der Waals surface area contributed by atoms with Crippen molar-refractivity contribution in [3.05, 3.63) is 53.1 Å². The SMILES string of the molecule is COc1cc(CNNc2ccccc2)c(Cl)cc1OC1CCCC1. The Balaban J connectivity index is 1.64. The number of para-hydroxylation sites is 1. The predicted molar refractivity (Wildman–Crippen MR) is 97.8 cm³/mol. The van der Waals surface area contributed by atoms with Gasteiger partial charge in [0.05, 0.1) is 13.2 Å². The van der Waals surface area contributed by atoms with Gasteiger partial charge in [0.25, 0.3) is 0 Å². The second-order valence-corrected chi connectivity index (χ2v) is 6.37. The Morgan fingerprint density at radius 1 is 1.08 bits per heavy atom. The fourth-order valence-electron chi connectivity index (χ4n) is 2.91. The van der Waals surface area contributed by atoms with Crippen LogP contribution in [0.25, 0.3) is 0 Å². The van der Waals surface area contributed by atoms with E-state index in [1.165, 1.54) is 12.8 Å². The van der Waals surface area contributed by atoms with Gasteiger partial charge in [-0.05, 0) is 49.4 Å². The number of anilines is 1. The van der Waals surface area contributed by atoms with Crippen LogP contribution >= 0.6 is 11.6 Å². The van der Waals surface area contributed by atoms with Crippen molar-refractivity contribution in [3.63, 3.8) is 0 Å². The number of hydrazine groups is 1. The summed E-state index contributed by atoms with van der Waals surface area (Å²) in [6.07, 6.45) is 4.94. The minimum atomic E-state index is 0.277. The summed E-state index contributed by atoms with van der Waals surface area (Å²) < 4.78 is 11.5. The van der Waals surface area contributed by atoms with Gasteiger partial charge in [-0.25, -0.2) is 5.43 Å². The van der Waals surface area contributed by atoms with E-state index in [9.17, 15) is 0 Å². The van der Waals surface area contributed by atoms with E-state index in [1.807, 2.05) is 42.5 Å². The number of methoxy groups -OCH3 is 1. The molecule has 5 heteroatoms. The first-order valence-corrected chi connectivity index (χ1v) is 8.71. The van der Waals surface area contributed by atoms with Crippen LogP contribution in [0.1, 0.15) is 31.2 Å². The van der Waals surface area contributed by atoms with Gasteiger partial charge in [0, 0.05) is 23.3 Å². The topological polar surface area (TPSA) is 42.5 Å². The molecule has 24 heavy (non-hydrogen) atoms. The highest BCUT2D eigenvalue weighted by molar-refractivity contribution is 6.31. The largest absolute Gasteiger partial charge is 0.493 e. The van der Waals surface area contributed by atoms with Crippen molar-refractivity contribution in [2.45, 2.75) is 38.3 Å². The van der Waals surface area contributed by atoms with Crippen molar-refractivity contribution in [3.8, 4) is 11.5 Å². The van der Waals surface area contributed by atoms with Gasteiger partial charge in [0.1, 0.15) is 0 Å². The fourth-order valence-corrected chi connectivity index (χ4v) is 3.13. The van der Waals surface area contributed by atoms with Crippen molar-refractivity contribution < 1.29 is 9.47 Å². The van der Waals surface area contributed by atoms with E-state index in [0.717, 1.165) is 35.6 Å². The highest BCUT2D eigenvalue weighted by Crippen LogP contribution is 2.36. The number of ether oxygens (including phenoxy) is 2. The summed E-state index contributed by atoms with van der Waals surface area (Å²) in [7, 11) is 1.66. The monoisotopic (exact) mass is 346 g/mol. The summed E-state index contributed by atoms with van der Waals surface area (Å²) in [4.78, 5) is 0. The Kier molecular flexibility index (Phi) is 5.83. The molecule has 0 heterocycles. The van der Waals surface area contributed by atoms with Crippen LogP contribution in [0, 0.1) is 0 Å². The number of hydrogen-bond donors (Lipinski definition) is 2. The molecule has 0 radical (unpaired) electrons. The Hall–Kier alpha value is -1.91. The van der Waals surface area contributed by atoms with E-state index in [1.54, 1.807) is 7.11 Å². The van der Waals surface area contributed by atoms with Crippen LogP contribution in [0.2, 0.25) is 5.02 Å². The molecule has 0 aliphatic heterocycles. The molecule has 0 unspecified atom stereocenters. The Labute approximate surface area is 148 Å². The molecule has 0 saturated heterocycles. The lowest BCUT2D eigenvalue weighted by atomic mass is 10.2. The maximum absolute atomic E-state index is 6.42.